The van der Waals surface area contributed by atoms with Crippen molar-refractivity contribution in [2.75, 3.05) is 76.1 Å². The summed E-state index contributed by atoms with van der Waals surface area (Å²) in [6, 6.07) is 12.8. The van der Waals surface area contributed by atoms with E-state index < -0.39 is 23.7 Å². The predicted octanol–water partition coefficient (Wildman–Crippen LogP) is 4.55. The van der Waals surface area contributed by atoms with E-state index in [0.717, 1.165) is 30.5 Å². The molecule has 5 aromatic rings. The SMILES string of the molecule is Cn1c(-c2cn(-c3ccc(Nc4ccccn4)cn3)nc2C(F)(F)F)cnc1C(=O)Nc1ccc(C(=O)N2CCN(C(=O)C3CC[N+](CC(=O)O)(CC4CNC4)CC3)CC2)c(Cl)c1. The Labute approximate surface area is 364 Å². The Morgan fingerprint density at radius 1 is 0.937 bits per heavy atom. The molecule has 8 rings (SSSR count). The molecule has 0 aliphatic carbocycles. The van der Waals surface area contributed by atoms with Gasteiger partial charge in [-0.2, -0.15) is 18.3 Å². The number of anilines is 3. The Bertz CT molecular complexity index is 2500. The molecular weight excluding hydrogens is 845 g/mol. The molecule has 1 aromatic carbocycles. The number of carbonyl (C=O) groups excluding carboxylic acids is 3. The van der Waals surface area contributed by atoms with Crippen LogP contribution in [0.4, 0.5) is 30.4 Å². The molecule has 0 spiro atoms. The Kier molecular flexibility index (Phi) is 12.2. The fourth-order valence-corrected chi connectivity index (χ4v) is 8.79. The first-order valence-corrected chi connectivity index (χ1v) is 20.8. The molecule has 17 nitrogen and oxygen atoms in total. The summed E-state index contributed by atoms with van der Waals surface area (Å²) in [4.78, 5) is 68.2. The number of aliphatic carboxylic acids is 1. The van der Waals surface area contributed by atoms with Crippen LogP contribution < -0.4 is 16.0 Å². The van der Waals surface area contributed by atoms with Crippen LogP contribution in [0.2, 0.25) is 5.02 Å². The standard InChI is InChI=1S/C42H44ClF3N12O5/c1-54-33(31-23-57(53-37(31)42(44,45)46)35-8-6-29(21-49-35)51-34-4-2-3-11-48-34)22-50-38(54)39(61)52-28-5-7-30(32(43)18-28)41(63)56-14-12-55(13-15-56)40(62)27-9-16-58(17-10-27,25-36(59)60)24-26-19-47-20-26/h2-8,11,18,21-23,26-27,47H,9-10,12-17,19-20,24-25H2,1H3,(H2-,48,51,52,59,60,61,63)/p+1. The first-order valence-electron chi connectivity index (χ1n) is 20.5. The van der Waals surface area contributed by atoms with Crippen molar-refractivity contribution in [3.8, 4) is 17.1 Å². The number of pyridine rings is 2. The molecule has 0 radical (unpaired) electrons. The van der Waals surface area contributed by atoms with Crippen LogP contribution in [-0.2, 0) is 22.8 Å². The second kappa shape index (κ2) is 17.8. The summed E-state index contributed by atoms with van der Waals surface area (Å²) >= 11 is 6.57. The minimum absolute atomic E-state index is 0.0270. The van der Waals surface area contributed by atoms with Gasteiger partial charge in [-0.15, -0.1) is 0 Å². The maximum atomic E-state index is 14.3. The van der Waals surface area contributed by atoms with E-state index in [9.17, 15) is 37.5 Å². The van der Waals surface area contributed by atoms with E-state index >= 15 is 0 Å². The number of carboxylic acid groups (broad SMARTS) is 1. The molecule has 0 bridgehead atoms. The number of benzene rings is 1. The number of hydrogen-bond acceptors (Lipinski definition) is 10. The van der Waals surface area contributed by atoms with Crippen LogP contribution >= 0.6 is 11.6 Å². The van der Waals surface area contributed by atoms with Crippen molar-refractivity contribution in [3.63, 3.8) is 0 Å². The number of rotatable bonds is 12. The number of alkyl halides is 3. The van der Waals surface area contributed by atoms with Gasteiger partial charge in [0.2, 0.25) is 5.91 Å². The summed E-state index contributed by atoms with van der Waals surface area (Å²) in [5, 5.41) is 22.4. The number of quaternary nitrogens is 1. The van der Waals surface area contributed by atoms with Crippen molar-refractivity contribution in [2.45, 2.75) is 19.0 Å². The monoisotopic (exact) mass is 889 g/mol. The third-order valence-corrected chi connectivity index (χ3v) is 12.3. The van der Waals surface area contributed by atoms with Crippen molar-refractivity contribution in [3.05, 3.63) is 95.4 Å². The van der Waals surface area contributed by atoms with E-state index in [1.165, 1.54) is 48.3 Å². The smallest absolute Gasteiger partial charge is 0.435 e. The van der Waals surface area contributed by atoms with Crippen LogP contribution in [0.5, 0.6) is 0 Å². The molecule has 63 heavy (non-hydrogen) atoms. The van der Waals surface area contributed by atoms with Crippen molar-refractivity contribution in [1.29, 1.82) is 0 Å². The third-order valence-electron chi connectivity index (χ3n) is 11.9. The summed E-state index contributed by atoms with van der Waals surface area (Å²) in [6.07, 6.45) is 1.76. The summed E-state index contributed by atoms with van der Waals surface area (Å²) in [7, 11) is 1.41. The number of imidazole rings is 1. The average Bonchev–Trinajstić information content (AvgIpc) is 3.87. The van der Waals surface area contributed by atoms with Crippen molar-refractivity contribution in [2.24, 2.45) is 18.9 Å². The van der Waals surface area contributed by atoms with E-state index in [4.69, 9.17) is 11.6 Å². The molecule has 330 valence electrons. The maximum absolute atomic E-state index is 14.3. The van der Waals surface area contributed by atoms with Crippen LogP contribution in [0.25, 0.3) is 17.1 Å². The number of hydrogen-bond donors (Lipinski definition) is 4. The van der Waals surface area contributed by atoms with Gasteiger partial charge < -0.3 is 39.9 Å². The van der Waals surface area contributed by atoms with Crippen LogP contribution in [0, 0.1) is 11.8 Å². The van der Waals surface area contributed by atoms with Gasteiger partial charge in [-0.25, -0.2) is 24.4 Å². The van der Waals surface area contributed by atoms with Gasteiger partial charge in [0, 0.05) is 89.1 Å². The quantitative estimate of drug-likeness (QED) is 0.129. The van der Waals surface area contributed by atoms with Gasteiger partial charge in [0.05, 0.1) is 59.6 Å². The zero-order valence-electron chi connectivity index (χ0n) is 34.2. The Morgan fingerprint density at radius 3 is 2.29 bits per heavy atom. The molecule has 4 N–H and O–H groups in total. The van der Waals surface area contributed by atoms with Gasteiger partial charge >= 0.3 is 12.1 Å². The molecule has 7 heterocycles. The number of piperazine rings is 1. The van der Waals surface area contributed by atoms with Crippen molar-refractivity contribution >= 4 is 52.5 Å². The predicted molar refractivity (Wildman–Crippen MR) is 224 cm³/mol. The number of nitrogens with one attached hydrogen (secondary N) is 3. The largest absolute Gasteiger partial charge is 0.477 e. The third kappa shape index (κ3) is 9.52. The molecule has 0 saturated carbocycles. The van der Waals surface area contributed by atoms with Gasteiger partial charge in [0.25, 0.3) is 11.8 Å². The topological polar surface area (TPSA) is 192 Å². The molecule has 3 aliphatic heterocycles. The van der Waals surface area contributed by atoms with Crippen LogP contribution in [-0.4, -0.2) is 138 Å². The molecule has 3 aliphatic rings. The number of carbonyl (C=O) groups is 4. The van der Waals surface area contributed by atoms with Gasteiger partial charge in [-0.1, -0.05) is 17.7 Å². The molecule has 3 saturated heterocycles. The molecular formula is C42H45ClF3N12O5+. The highest BCUT2D eigenvalue weighted by atomic mass is 35.5. The summed E-state index contributed by atoms with van der Waals surface area (Å²) in [6.45, 7) is 5.22. The number of piperidine rings is 1. The van der Waals surface area contributed by atoms with E-state index in [0.29, 0.717) is 74.0 Å². The summed E-state index contributed by atoms with van der Waals surface area (Å²) in [5.41, 5.74) is -0.570. The lowest BCUT2D eigenvalue weighted by Gasteiger charge is -2.46. The molecule has 3 fully saturated rings. The fraction of sp³-hybridized carbons (Fsp3) is 0.381. The molecule has 0 unspecified atom stereocenters. The highest BCUT2D eigenvalue weighted by Crippen LogP contribution is 2.37. The Hall–Kier alpha value is -6.38. The number of nitrogens with zero attached hydrogens (tertiary/aromatic N) is 9. The Balaban J connectivity index is 0.875. The van der Waals surface area contributed by atoms with Crippen LogP contribution in [0.1, 0.15) is 39.5 Å². The number of carboxylic acids is 1. The van der Waals surface area contributed by atoms with Gasteiger partial charge in [-0.05, 0) is 42.5 Å². The zero-order chi connectivity index (χ0) is 44.5. The second-order valence-corrected chi connectivity index (χ2v) is 16.6. The number of aromatic nitrogens is 6. The second-order valence-electron chi connectivity index (χ2n) is 16.2. The number of likely N-dealkylation sites (tertiary alicyclic amines) is 1. The zero-order valence-corrected chi connectivity index (χ0v) is 34.9. The normalized spacial score (nSPS) is 19.3. The maximum Gasteiger partial charge on any atom is 0.435 e. The van der Waals surface area contributed by atoms with Gasteiger partial charge in [0.15, 0.2) is 23.9 Å². The number of amides is 3. The van der Waals surface area contributed by atoms with Crippen molar-refractivity contribution < 1.29 is 41.9 Å². The lowest BCUT2D eigenvalue weighted by Crippen LogP contribution is -2.62. The lowest BCUT2D eigenvalue weighted by molar-refractivity contribution is -0.929. The minimum atomic E-state index is -4.85. The molecule has 21 heteroatoms. The van der Waals surface area contributed by atoms with Crippen molar-refractivity contribution in [1.82, 2.24) is 44.4 Å². The lowest BCUT2D eigenvalue weighted by atomic mass is 9.90. The van der Waals surface area contributed by atoms with E-state index in [1.54, 1.807) is 40.3 Å². The van der Waals surface area contributed by atoms with E-state index in [1.807, 2.05) is 0 Å². The van der Waals surface area contributed by atoms with E-state index in [-0.39, 0.29) is 63.5 Å². The Morgan fingerprint density at radius 2 is 1.67 bits per heavy atom. The first kappa shape index (κ1) is 43.3. The first-order chi connectivity index (χ1) is 30.2. The summed E-state index contributed by atoms with van der Waals surface area (Å²) < 4.78 is 45.7. The number of halogens is 4. The average molecular weight is 890 g/mol. The van der Waals surface area contributed by atoms with E-state index in [2.05, 4.69) is 36.0 Å². The van der Waals surface area contributed by atoms with Gasteiger partial charge in [-0.3, -0.25) is 14.4 Å². The fourth-order valence-electron chi connectivity index (χ4n) is 8.53. The molecule has 3 amide bonds. The summed E-state index contributed by atoms with van der Waals surface area (Å²) in [5.74, 6) is -1.13. The van der Waals surface area contributed by atoms with Gasteiger partial charge in [0.1, 0.15) is 5.82 Å². The highest BCUT2D eigenvalue weighted by Gasteiger charge is 2.42. The highest BCUT2D eigenvalue weighted by molar-refractivity contribution is 6.34. The van der Waals surface area contributed by atoms with Crippen LogP contribution in [0.3, 0.4) is 0 Å². The van der Waals surface area contributed by atoms with Crippen LogP contribution in [0.15, 0.2) is 73.3 Å². The molecule has 4 aromatic heterocycles. The minimum Gasteiger partial charge on any atom is -0.477 e. The molecule has 0 atom stereocenters.